The lowest BCUT2D eigenvalue weighted by Gasteiger charge is -2.28. The number of carbonyl (C=O) groups excluding carboxylic acids is 2. The Labute approximate surface area is 224 Å². The minimum absolute atomic E-state index is 0.132. The van der Waals surface area contributed by atoms with Crippen molar-refractivity contribution in [2.45, 2.75) is 24.4 Å². The largest absolute Gasteiger partial charge is 0.465 e. The van der Waals surface area contributed by atoms with Crippen molar-refractivity contribution in [2.24, 2.45) is 4.99 Å². The summed E-state index contributed by atoms with van der Waals surface area (Å²) in [5.74, 6) is -0.952. The highest BCUT2D eigenvalue weighted by Crippen LogP contribution is 2.25. The van der Waals surface area contributed by atoms with Crippen molar-refractivity contribution in [3.05, 3.63) is 106 Å². The Morgan fingerprint density at radius 3 is 2.47 bits per heavy atom. The number of hydrogen-bond donors (Lipinski definition) is 0. The fourth-order valence-electron chi connectivity index (χ4n) is 4.45. The molecule has 0 saturated heterocycles. The van der Waals surface area contributed by atoms with Gasteiger partial charge >= 0.3 is 5.97 Å². The van der Waals surface area contributed by atoms with Gasteiger partial charge in [-0.05, 0) is 60.0 Å². The van der Waals surface area contributed by atoms with E-state index >= 15 is 0 Å². The minimum atomic E-state index is -3.71. The van der Waals surface area contributed by atoms with Crippen LogP contribution in [0.3, 0.4) is 0 Å². The van der Waals surface area contributed by atoms with Gasteiger partial charge in [0.05, 0.1) is 27.8 Å². The van der Waals surface area contributed by atoms with Crippen LogP contribution in [-0.4, -0.2) is 42.8 Å². The Bertz CT molecular complexity index is 1730. The van der Waals surface area contributed by atoms with E-state index in [1.807, 2.05) is 28.8 Å². The van der Waals surface area contributed by atoms with E-state index in [-0.39, 0.29) is 10.5 Å². The summed E-state index contributed by atoms with van der Waals surface area (Å²) in [4.78, 5) is 29.8. The molecule has 0 fully saturated rings. The molecular formula is C28H25N3O5S2. The maximum Gasteiger partial charge on any atom is 0.337 e. The molecule has 0 unspecified atom stereocenters. The van der Waals surface area contributed by atoms with Gasteiger partial charge in [-0.3, -0.25) is 4.79 Å². The SMILES string of the molecule is C=CCn1c(=NC(=O)c2ccc(S(=O)(=O)N3CCc4ccccc4C3)cc2)sc2cc(C(=O)OC)ccc21. The number of methoxy groups -OCH3 is 1. The second-order valence-corrected chi connectivity index (χ2v) is 11.7. The smallest absolute Gasteiger partial charge is 0.337 e. The van der Waals surface area contributed by atoms with Gasteiger partial charge < -0.3 is 9.30 Å². The Balaban J connectivity index is 1.43. The molecule has 0 spiro atoms. The van der Waals surface area contributed by atoms with Crippen molar-refractivity contribution in [1.82, 2.24) is 8.87 Å². The second-order valence-electron chi connectivity index (χ2n) is 8.76. The van der Waals surface area contributed by atoms with Crippen LogP contribution in [0.2, 0.25) is 0 Å². The summed E-state index contributed by atoms with van der Waals surface area (Å²) in [6.45, 7) is 4.93. The third-order valence-electron chi connectivity index (χ3n) is 6.45. The third-order valence-corrected chi connectivity index (χ3v) is 9.35. The number of thiazole rings is 1. The number of ether oxygens (including phenoxy) is 1. The van der Waals surface area contributed by atoms with Crippen LogP contribution in [0.25, 0.3) is 10.2 Å². The molecule has 0 aliphatic carbocycles. The monoisotopic (exact) mass is 547 g/mol. The lowest BCUT2D eigenvalue weighted by Crippen LogP contribution is -2.35. The van der Waals surface area contributed by atoms with E-state index < -0.39 is 21.9 Å². The lowest BCUT2D eigenvalue weighted by molar-refractivity contribution is 0.0600. The molecular weight excluding hydrogens is 522 g/mol. The van der Waals surface area contributed by atoms with E-state index in [0.717, 1.165) is 21.3 Å². The van der Waals surface area contributed by atoms with Crippen molar-refractivity contribution in [3.63, 3.8) is 0 Å². The van der Waals surface area contributed by atoms with E-state index in [2.05, 4.69) is 11.6 Å². The molecule has 2 heterocycles. The average Bonchev–Trinajstić information content (AvgIpc) is 3.28. The molecule has 0 radical (unpaired) electrons. The zero-order valence-electron chi connectivity index (χ0n) is 20.7. The number of fused-ring (bicyclic) bond motifs is 2. The summed E-state index contributed by atoms with van der Waals surface area (Å²) in [5.41, 5.74) is 3.64. The van der Waals surface area contributed by atoms with E-state index in [0.29, 0.717) is 36.4 Å². The van der Waals surface area contributed by atoms with E-state index in [1.54, 1.807) is 24.3 Å². The van der Waals surface area contributed by atoms with Gasteiger partial charge in [-0.15, -0.1) is 6.58 Å². The Hall–Kier alpha value is -3.86. The molecule has 1 aromatic heterocycles. The van der Waals surface area contributed by atoms with Gasteiger partial charge in [0.2, 0.25) is 10.0 Å². The Morgan fingerprint density at radius 2 is 1.76 bits per heavy atom. The van der Waals surface area contributed by atoms with Crippen molar-refractivity contribution in [3.8, 4) is 0 Å². The first-order valence-electron chi connectivity index (χ1n) is 11.9. The zero-order valence-corrected chi connectivity index (χ0v) is 22.3. The van der Waals surface area contributed by atoms with E-state index in [9.17, 15) is 18.0 Å². The number of nitrogens with zero attached hydrogens (tertiary/aromatic N) is 3. The molecule has 10 heteroatoms. The van der Waals surface area contributed by atoms with Gasteiger partial charge in [0.25, 0.3) is 5.91 Å². The molecule has 5 rings (SSSR count). The van der Waals surface area contributed by atoms with Crippen LogP contribution < -0.4 is 4.80 Å². The number of carbonyl (C=O) groups is 2. The lowest BCUT2D eigenvalue weighted by atomic mass is 10.0. The van der Waals surface area contributed by atoms with Crippen LogP contribution in [0.1, 0.15) is 31.8 Å². The zero-order chi connectivity index (χ0) is 26.9. The van der Waals surface area contributed by atoms with Crippen LogP contribution in [0.5, 0.6) is 0 Å². The molecule has 4 aromatic rings. The molecule has 8 nitrogen and oxygen atoms in total. The molecule has 1 amide bonds. The number of esters is 1. The second kappa shape index (κ2) is 10.5. The maximum atomic E-state index is 13.3. The predicted molar refractivity (Wildman–Crippen MR) is 145 cm³/mol. The topological polar surface area (TPSA) is 98.0 Å². The summed E-state index contributed by atoms with van der Waals surface area (Å²) < 4.78 is 35.4. The molecule has 0 saturated carbocycles. The van der Waals surface area contributed by atoms with Crippen LogP contribution in [0.4, 0.5) is 0 Å². The van der Waals surface area contributed by atoms with Gasteiger partial charge in [0.1, 0.15) is 0 Å². The first-order valence-corrected chi connectivity index (χ1v) is 14.2. The highest BCUT2D eigenvalue weighted by atomic mass is 32.2. The van der Waals surface area contributed by atoms with Crippen molar-refractivity contribution < 1.29 is 22.7 Å². The van der Waals surface area contributed by atoms with Gasteiger partial charge in [-0.1, -0.05) is 41.7 Å². The molecule has 0 bridgehead atoms. The summed E-state index contributed by atoms with van der Waals surface area (Å²) >= 11 is 1.27. The van der Waals surface area contributed by atoms with Gasteiger partial charge in [-0.2, -0.15) is 9.30 Å². The number of hydrogen-bond acceptors (Lipinski definition) is 6. The van der Waals surface area contributed by atoms with Crippen LogP contribution in [0, 0.1) is 0 Å². The van der Waals surface area contributed by atoms with Gasteiger partial charge in [0, 0.05) is 25.2 Å². The number of amides is 1. The molecule has 1 aliphatic rings. The number of rotatable bonds is 6. The highest BCUT2D eigenvalue weighted by molar-refractivity contribution is 7.89. The quantitative estimate of drug-likeness (QED) is 0.267. The van der Waals surface area contributed by atoms with Gasteiger partial charge in [0.15, 0.2) is 4.80 Å². The summed E-state index contributed by atoms with van der Waals surface area (Å²) in [6, 6.07) is 18.8. The summed E-state index contributed by atoms with van der Waals surface area (Å²) in [5, 5.41) is 0. The molecule has 194 valence electrons. The van der Waals surface area contributed by atoms with Crippen LogP contribution in [0.15, 0.2) is 89.3 Å². The average molecular weight is 548 g/mol. The number of allylic oxidation sites excluding steroid dienone is 1. The normalized spacial score (nSPS) is 14.3. The van der Waals surface area contributed by atoms with Crippen molar-refractivity contribution in [1.29, 1.82) is 0 Å². The number of aromatic nitrogens is 1. The number of benzene rings is 3. The van der Waals surface area contributed by atoms with Crippen molar-refractivity contribution in [2.75, 3.05) is 13.7 Å². The summed E-state index contributed by atoms with van der Waals surface area (Å²) in [6.07, 6.45) is 2.36. The molecule has 0 N–H and O–H groups in total. The van der Waals surface area contributed by atoms with Crippen LogP contribution in [-0.2, 0) is 34.3 Å². The highest BCUT2D eigenvalue weighted by Gasteiger charge is 2.28. The Morgan fingerprint density at radius 1 is 1.05 bits per heavy atom. The van der Waals surface area contributed by atoms with Gasteiger partial charge in [-0.25, -0.2) is 13.2 Å². The molecule has 3 aromatic carbocycles. The Kier molecular flexibility index (Phi) is 7.11. The van der Waals surface area contributed by atoms with E-state index in [4.69, 9.17) is 4.74 Å². The third kappa shape index (κ3) is 4.85. The predicted octanol–water partition coefficient (Wildman–Crippen LogP) is 4.16. The molecule has 38 heavy (non-hydrogen) atoms. The molecule has 0 atom stereocenters. The van der Waals surface area contributed by atoms with E-state index in [1.165, 1.54) is 47.0 Å². The van der Waals surface area contributed by atoms with Crippen LogP contribution >= 0.6 is 11.3 Å². The number of sulfonamides is 1. The fraction of sp³-hybridized carbons (Fsp3) is 0.179. The maximum absolute atomic E-state index is 13.3. The summed E-state index contributed by atoms with van der Waals surface area (Å²) in [7, 11) is -2.39. The standard InChI is InChI=1S/C28H25N3O5S2/c1-3-15-31-24-13-10-21(27(33)36-2)17-25(24)37-28(31)29-26(32)20-8-11-23(12-9-20)38(34,35)30-16-14-19-6-4-5-7-22(19)18-30/h3-13,17H,1,14-16,18H2,2H3. The molecule has 1 aliphatic heterocycles. The fourth-order valence-corrected chi connectivity index (χ4v) is 6.95. The minimum Gasteiger partial charge on any atom is -0.465 e. The van der Waals surface area contributed by atoms with Crippen molar-refractivity contribution >= 4 is 43.5 Å². The first-order chi connectivity index (χ1) is 18.3. The first kappa shape index (κ1) is 25.8.